The Morgan fingerprint density at radius 1 is 1.00 bits per heavy atom. The Kier molecular flexibility index (Phi) is 5.24. The smallest absolute Gasteiger partial charge is 0.291 e. The molecular formula is C19H24N6O2. The number of carbonyl (C=O) groups excluding carboxylic acids is 1. The monoisotopic (exact) mass is 368 g/mol. The third kappa shape index (κ3) is 4.05. The summed E-state index contributed by atoms with van der Waals surface area (Å²) in [6.45, 7) is 4.18. The molecule has 2 aromatic rings. The van der Waals surface area contributed by atoms with Gasteiger partial charge in [0.1, 0.15) is 0 Å². The van der Waals surface area contributed by atoms with Gasteiger partial charge in [0.25, 0.3) is 11.5 Å². The average Bonchev–Trinajstić information content (AvgIpc) is 2.73. The van der Waals surface area contributed by atoms with E-state index in [0.29, 0.717) is 19.6 Å². The van der Waals surface area contributed by atoms with Crippen LogP contribution in [0.4, 0.5) is 0 Å². The highest BCUT2D eigenvalue weighted by Gasteiger charge is 2.23. The van der Waals surface area contributed by atoms with Gasteiger partial charge in [0.15, 0.2) is 0 Å². The maximum Gasteiger partial charge on any atom is 0.291 e. The van der Waals surface area contributed by atoms with Gasteiger partial charge in [-0.05, 0) is 37.3 Å². The number of amides is 1. The molecule has 0 saturated carbocycles. The summed E-state index contributed by atoms with van der Waals surface area (Å²) >= 11 is 0. The van der Waals surface area contributed by atoms with Crippen molar-refractivity contribution in [3.8, 4) is 0 Å². The maximum absolute atomic E-state index is 12.4. The molecule has 1 fully saturated rings. The molecule has 8 heteroatoms. The molecule has 3 heterocycles. The van der Waals surface area contributed by atoms with Gasteiger partial charge in [-0.2, -0.15) is 5.10 Å². The zero-order valence-electron chi connectivity index (χ0n) is 15.4. The predicted octanol–water partition coefficient (Wildman–Crippen LogP) is 0.370. The molecule has 4 rings (SSSR count). The van der Waals surface area contributed by atoms with E-state index in [1.54, 1.807) is 34.1 Å². The van der Waals surface area contributed by atoms with Crippen LogP contribution in [0.25, 0.3) is 0 Å². The van der Waals surface area contributed by atoms with E-state index in [9.17, 15) is 9.59 Å². The molecule has 1 amide bonds. The highest BCUT2D eigenvalue weighted by Crippen LogP contribution is 2.16. The quantitative estimate of drug-likeness (QED) is 0.775. The van der Waals surface area contributed by atoms with Gasteiger partial charge in [0.05, 0.1) is 12.2 Å². The van der Waals surface area contributed by atoms with Crippen molar-refractivity contribution in [2.45, 2.75) is 32.2 Å². The Hall–Kier alpha value is -2.61. The van der Waals surface area contributed by atoms with E-state index in [1.807, 2.05) is 0 Å². The lowest BCUT2D eigenvalue weighted by Gasteiger charge is -2.34. The molecule has 27 heavy (non-hydrogen) atoms. The second-order valence-corrected chi connectivity index (χ2v) is 7.09. The first-order valence-corrected chi connectivity index (χ1v) is 9.59. The van der Waals surface area contributed by atoms with E-state index in [1.165, 1.54) is 0 Å². The van der Waals surface area contributed by atoms with Gasteiger partial charge in [-0.25, -0.2) is 14.6 Å². The third-order valence-electron chi connectivity index (χ3n) is 5.32. The highest BCUT2D eigenvalue weighted by atomic mass is 16.2. The van der Waals surface area contributed by atoms with Gasteiger partial charge in [0.2, 0.25) is 5.82 Å². The molecular weight excluding hydrogens is 344 g/mol. The van der Waals surface area contributed by atoms with E-state index >= 15 is 0 Å². The number of carbonyl (C=O) groups is 1. The molecule has 2 aliphatic rings. The first kappa shape index (κ1) is 17.8. The lowest BCUT2D eigenvalue weighted by atomic mass is 9.97. The molecule has 1 saturated heterocycles. The lowest BCUT2D eigenvalue weighted by Crippen LogP contribution is -2.50. The summed E-state index contributed by atoms with van der Waals surface area (Å²) in [5, 5.41) is 4.58. The van der Waals surface area contributed by atoms with Crippen LogP contribution in [0.15, 0.2) is 29.3 Å². The minimum atomic E-state index is -0.122. The fourth-order valence-corrected chi connectivity index (χ4v) is 3.72. The number of nitrogens with zero attached hydrogens (tertiary/aromatic N) is 6. The Bertz CT molecular complexity index is 858. The van der Waals surface area contributed by atoms with Crippen molar-refractivity contribution in [1.82, 2.24) is 29.5 Å². The minimum Gasteiger partial charge on any atom is -0.333 e. The predicted molar refractivity (Wildman–Crippen MR) is 99.5 cm³/mol. The molecule has 142 valence electrons. The molecule has 0 unspecified atom stereocenters. The fourth-order valence-electron chi connectivity index (χ4n) is 3.72. The minimum absolute atomic E-state index is 0.00862. The van der Waals surface area contributed by atoms with Gasteiger partial charge in [-0.15, -0.1) is 0 Å². The summed E-state index contributed by atoms with van der Waals surface area (Å²) in [4.78, 5) is 36.8. The molecule has 2 aromatic heterocycles. The number of rotatable bonds is 4. The van der Waals surface area contributed by atoms with Gasteiger partial charge in [0, 0.05) is 51.2 Å². The maximum atomic E-state index is 12.4. The zero-order chi connectivity index (χ0) is 18.6. The van der Waals surface area contributed by atoms with Crippen LogP contribution in [0.1, 0.15) is 34.7 Å². The van der Waals surface area contributed by atoms with Crippen molar-refractivity contribution in [2.75, 3.05) is 32.7 Å². The second kappa shape index (κ2) is 7.96. The lowest BCUT2D eigenvalue weighted by molar-refractivity contribution is 0.0619. The summed E-state index contributed by atoms with van der Waals surface area (Å²) in [6, 6.07) is 3.46. The van der Waals surface area contributed by atoms with Crippen LogP contribution >= 0.6 is 0 Å². The molecule has 0 radical (unpaired) electrons. The Labute approximate surface area is 157 Å². The van der Waals surface area contributed by atoms with Crippen LogP contribution < -0.4 is 5.56 Å². The first-order chi connectivity index (χ1) is 13.2. The van der Waals surface area contributed by atoms with E-state index in [-0.39, 0.29) is 17.3 Å². The van der Waals surface area contributed by atoms with E-state index in [2.05, 4.69) is 20.0 Å². The Balaban J connectivity index is 1.31. The number of piperazine rings is 1. The van der Waals surface area contributed by atoms with E-state index in [4.69, 9.17) is 0 Å². The molecule has 8 nitrogen and oxygen atoms in total. The van der Waals surface area contributed by atoms with Crippen molar-refractivity contribution in [1.29, 1.82) is 0 Å². The van der Waals surface area contributed by atoms with E-state index in [0.717, 1.165) is 56.6 Å². The zero-order valence-corrected chi connectivity index (χ0v) is 15.4. The van der Waals surface area contributed by atoms with Crippen molar-refractivity contribution in [3.63, 3.8) is 0 Å². The number of hydrogen-bond donors (Lipinski definition) is 0. The largest absolute Gasteiger partial charge is 0.333 e. The Morgan fingerprint density at radius 2 is 1.74 bits per heavy atom. The summed E-state index contributed by atoms with van der Waals surface area (Å²) in [5.41, 5.74) is 2.20. The summed E-state index contributed by atoms with van der Waals surface area (Å²) in [6.07, 6.45) is 7.41. The van der Waals surface area contributed by atoms with E-state index < -0.39 is 0 Å². The third-order valence-corrected chi connectivity index (χ3v) is 5.32. The van der Waals surface area contributed by atoms with Gasteiger partial charge in [-0.1, -0.05) is 0 Å². The summed E-state index contributed by atoms with van der Waals surface area (Å²) < 4.78 is 1.60. The second-order valence-electron chi connectivity index (χ2n) is 7.09. The van der Waals surface area contributed by atoms with Crippen LogP contribution in [0.2, 0.25) is 0 Å². The summed E-state index contributed by atoms with van der Waals surface area (Å²) in [5.74, 6) is 0.124. The number of aromatic nitrogens is 4. The first-order valence-electron chi connectivity index (χ1n) is 9.59. The van der Waals surface area contributed by atoms with Crippen molar-refractivity contribution in [2.24, 2.45) is 0 Å². The number of fused-ring (bicyclic) bond motifs is 1. The molecule has 0 aromatic carbocycles. The van der Waals surface area contributed by atoms with Gasteiger partial charge >= 0.3 is 0 Å². The highest BCUT2D eigenvalue weighted by molar-refractivity contribution is 5.90. The fraction of sp³-hybridized carbons (Fsp3) is 0.526. The van der Waals surface area contributed by atoms with Gasteiger partial charge < -0.3 is 4.90 Å². The van der Waals surface area contributed by atoms with Crippen molar-refractivity contribution < 1.29 is 4.79 Å². The van der Waals surface area contributed by atoms with Gasteiger partial charge in [-0.3, -0.25) is 14.5 Å². The number of hydrogen-bond acceptors (Lipinski definition) is 6. The van der Waals surface area contributed by atoms with Crippen molar-refractivity contribution in [3.05, 3.63) is 52.0 Å². The van der Waals surface area contributed by atoms with Crippen LogP contribution in [0, 0.1) is 0 Å². The van der Waals surface area contributed by atoms with Crippen molar-refractivity contribution >= 4 is 5.91 Å². The summed E-state index contributed by atoms with van der Waals surface area (Å²) in [7, 11) is 0. The van der Waals surface area contributed by atoms with Crippen LogP contribution in [-0.2, 0) is 19.4 Å². The van der Waals surface area contributed by atoms with Crippen LogP contribution in [-0.4, -0.2) is 68.2 Å². The molecule has 0 atom stereocenters. The molecule has 0 spiro atoms. The molecule has 1 aliphatic heterocycles. The van der Waals surface area contributed by atoms with Crippen LogP contribution in [0.3, 0.4) is 0 Å². The van der Waals surface area contributed by atoms with Crippen LogP contribution in [0.5, 0.6) is 0 Å². The average molecular weight is 368 g/mol. The topological polar surface area (TPSA) is 84.2 Å². The number of aryl methyl sites for hydroxylation is 2. The standard InChI is InChI=1S/C19H24N6O2/c26-17-14-15-4-1-2-5-16(15)22-25(17)13-10-23-8-11-24(12-9-23)19(27)18-20-6-3-7-21-18/h3,6-7,14H,1-2,4-5,8-13H2. The SMILES string of the molecule is O=C(c1ncccn1)N1CCN(CCn2nc3c(cc2=O)CCCC3)CC1. The normalized spacial score (nSPS) is 17.6. The molecule has 1 aliphatic carbocycles. The molecule has 0 bridgehead atoms. The Morgan fingerprint density at radius 3 is 2.52 bits per heavy atom. The molecule has 0 N–H and O–H groups in total.